The predicted molar refractivity (Wildman–Crippen MR) is 58.0 cm³/mol. The standard InChI is InChI=1S/C10H13N5/c1-3-8-7(6-15(2)14-8)9-4-5-10(11)13-12-9/h4-6H,3H2,1-2H3,(H2,11,13). The summed E-state index contributed by atoms with van der Waals surface area (Å²) in [5.74, 6) is 0.431. The summed E-state index contributed by atoms with van der Waals surface area (Å²) in [6.07, 6.45) is 2.82. The minimum Gasteiger partial charge on any atom is -0.382 e. The summed E-state index contributed by atoms with van der Waals surface area (Å²) in [5.41, 5.74) is 8.35. The Bertz CT molecular complexity index is 457. The van der Waals surface area contributed by atoms with Crippen LogP contribution >= 0.6 is 0 Å². The molecule has 0 aliphatic carbocycles. The van der Waals surface area contributed by atoms with Crippen molar-refractivity contribution in [2.24, 2.45) is 7.05 Å². The molecule has 0 radical (unpaired) electrons. The number of nitrogen functional groups attached to an aromatic ring is 1. The maximum Gasteiger partial charge on any atom is 0.146 e. The molecular weight excluding hydrogens is 190 g/mol. The van der Waals surface area contributed by atoms with Gasteiger partial charge in [0.15, 0.2) is 0 Å². The molecule has 5 heteroatoms. The van der Waals surface area contributed by atoms with Crippen molar-refractivity contribution in [1.29, 1.82) is 0 Å². The van der Waals surface area contributed by atoms with Gasteiger partial charge in [0.2, 0.25) is 0 Å². The fourth-order valence-corrected chi connectivity index (χ4v) is 1.50. The first-order chi connectivity index (χ1) is 7.20. The van der Waals surface area contributed by atoms with Crippen LogP contribution in [-0.4, -0.2) is 20.0 Å². The van der Waals surface area contributed by atoms with E-state index in [0.717, 1.165) is 23.4 Å². The molecule has 0 aliphatic rings. The van der Waals surface area contributed by atoms with Crippen LogP contribution in [0.25, 0.3) is 11.3 Å². The Morgan fingerprint density at radius 1 is 1.33 bits per heavy atom. The molecule has 0 amide bonds. The summed E-state index contributed by atoms with van der Waals surface area (Å²) in [5, 5.41) is 12.2. The van der Waals surface area contributed by atoms with Gasteiger partial charge in [-0.15, -0.1) is 10.2 Å². The lowest BCUT2D eigenvalue weighted by Gasteiger charge is -1.98. The molecule has 0 atom stereocenters. The number of hydrogen-bond acceptors (Lipinski definition) is 4. The molecule has 0 fully saturated rings. The van der Waals surface area contributed by atoms with Gasteiger partial charge in [-0.1, -0.05) is 6.92 Å². The maximum absolute atomic E-state index is 5.49. The monoisotopic (exact) mass is 203 g/mol. The number of anilines is 1. The van der Waals surface area contributed by atoms with E-state index in [4.69, 9.17) is 5.73 Å². The Hall–Kier alpha value is -1.91. The first-order valence-corrected chi connectivity index (χ1v) is 4.82. The van der Waals surface area contributed by atoms with E-state index < -0.39 is 0 Å². The fraction of sp³-hybridized carbons (Fsp3) is 0.300. The molecule has 2 aromatic heterocycles. The molecule has 0 aromatic carbocycles. The van der Waals surface area contributed by atoms with Crippen molar-refractivity contribution in [3.05, 3.63) is 24.0 Å². The van der Waals surface area contributed by atoms with Crippen LogP contribution in [0.4, 0.5) is 5.82 Å². The normalized spacial score (nSPS) is 10.5. The molecule has 78 valence electrons. The van der Waals surface area contributed by atoms with Gasteiger partial charge in [-0.25, -0.2) is 0 Å². The lowest BCUT2D eigenvalue weighted by atomic mass is 10.1. The van der Waals surface area contributed by atoms with Crippen molar-refractivity contribution < 1.29 is 0 Å². The van der Waals surface area contributed by atoms with Gasteiger partial charge in [0.1, 0.15) is 5.82 Å². The van der Waals surface area contributed by atoms with Gasteiger partial charge in [-0.05, 0) is 18.6 Å². The number of hydrogen-bond donors (Lipinski definition) is 1. The van der Waals surface area contributed by atoms with E-state index in [1.807, 2.05) is 19.3 Å². The van der Waals surface area contributed by atoms with Crippen LogP contribution in [0.1, 0.15) is 12.6 Å². The highest BCUT2D eigenvalue weighted by Crippen LogP contribution is 2.20. The molecule has 0 saturated heterocycles. The molecule has 15 heavy (non-hydrogen) atoms. The molecule has 0 unspecified atom stereocenters. The second kappa shape index (κ2) is 3.68. The van der Waals surface area contributed by atoms with Crippen LogP contribution in [0.3, 0.4) is 0 Å². The third-order valence-corrected chi connectivity index (χ3v) is 2.20. The highest BCUT2D eigenvalue weighted by Gasteiger charge is 2.09. The largest absolute Gasteiger partial charge is 0.382 e. The van der Waals surface area contributed by atoms with Crippen LogP contribution in [0.5, 0.6) is 0 Å². The van der Waals surface area contributed by atoms with Crippen molar-refractivity contribution in [2.45, 2.75) is 13.3 Å². The molecule has 0 aliphatic heterocycles. The number of nitrogens with zero attached hydrogens (tertiary/aromatic N) is 4. The molecule has 2 N–H and O–H groups in total. The van der Waals surface area contributed by atoms with Gasteiger partial charge in [0.25, 0.3) is 0 Å². The van der Waals surface area contributed by atoms with E-state index in [1.54, 1.807) is 10.7 Å². The van der Waals surface area contributed by atoms with Crippen LogP contribution in [0.2, 0.25) is 0 Å². The summed E-state index contributed by atoms with van der Waals surface area (Å²) in [4.78, 5) is 0. The molecule has 0 spiro atoms. The summed E-state index contributed by atoms with van der Waals surface area (Å²) < 4.78 is 1.78. The van der Waals surface area contributed by atoms with E-state index >= 15 is 0 Å². The maximum atomic E-state index is 5.49. The van der Waals surface area contributed by atoms with Gasteiger partial charge in [-0.3, -0.25) is 4.68 Å². The quantitative estimate of drug-likeness (QED) is 0.791. The Morgan fingerprint density at radius 2 is 2.13 bits per heavy atom. The fourth-order valence-electron chi connectivity index (χ4n) is 1.50. The average molecular weight is 203 g/mol. The zero-order chi connectivity index (χ0) is 10.8. The molecular formula is C10H13N5. The highest BCUT2D eigenvalue weighted by molar-refractivity contribution is 5.61. The van der Waals surface area contributed by atoms with E-state index in [1.165, 1.54) is 0 Å². The van der Waals surface area contributed by atoms with Crippen molar-refractivity contribution in [3.8, 4) is 11.3 Å². The lowest BCUT2D eigenvalue weighted by Crippen LogP contribution is -1.94. The van der Waals surface area contributed by atoms with Gasteiger partial charge in [-0.2, -0.15) is 5.10 Å². The molecule has 5 nitrogen and oxygen atoms in total. The Kier molecular flexibility index (Phi) is 2.37. The van der Waals surface area contributed by atoms with E-state index in [9.17, 15) is 0 Å². The minimum atomic E-state index is 0.431. The Balaban J connectivity index is 2.48. The first kappa shape index (κ1) is 9.64. The summed E-state index contributed by atoms with van der Waals surface area (Å²) in [6, 6.07) is 3.60. The van der Waals surface area contributed by atoms with E-state index in [0.29, 0.717) is 5.82 Å². The summed E-state index contributed by atoms with van der Waals surface area (Å²) in [7, 11) is 1.90. The van der Waals surface area contributed by atoms with Crippen LogP contribution < -0.4 is 5.73 Å². The SMILES string of the molecule is CCc1nn(C)cc1-c1ccc(N)nn1. The van der Waals surface area contributed by atoms with Gasteiger partial charge in [0.05, 0.1) is 11.4 Å². The number of rotatable bonds is 2. The zero-order valence-corrected chi connectivity index (χ0v) is 8.81. The third kappa shape index (κ3) is 1.81. The smallest absolute Gasteiger partial charge is 0.146 e. The number of aryl methyl sites for hydroxylation is 2. The van der Waals surface area contributed by atoms with Gasteiger partial charge >= 0.3 is 0 Å². The summed E-state index contributed by atoms with van der Waals surface area (Å²) >= 11 is 0. The minimum absolute atomic E-state index is 0.431. The summed E-state index contributed by atoms with van der Waals surface area (Å²) in [6.45, 7) is 2.07. The molecule has 2 aromatic rings. The Labute approximate surface area is 87.9 Å². The van der Waals surface area contributed by atoms with Crippen molar-refractivity contribution in [1.82, 2.24) is 20.0 Å². The second-order valence-corrected chi connectivity index (χ2v) is 3.36. The number of nitrogens with two attached hydrogens (primary N) is 1. The topological polar surface area (TPSA) is 69.6 Å². The van der Waals surface area contributed by atoms with Crippen LogP contribution in [-0.2, 0) is 13.5 Å². The highest BCUT2D eigenvalue weighted by atomic mass is 15.3. The van der Waals surface area contributed by atoms with E-state index in [2.05, 4.69) is 22.2 Å². The van der Waals surface area contributed by atoms with Gasteiger partial charge in [0, 0.05) is 18.8 Å². The van der Waals surface area contributed by atoms with Crippen molar-refractivity contribution in [2.75, 3.05) is 5.73 Å². The van der Waals surface area contributed by atoms with Crippen LogP contribution in [0.15, 0.2) is 18.3 Å². The Morgan fingerprint density at radius 3 is 2.73 bits per heavy atom. The average Bonchev–Trinajstić information content (AvgIpc) is 2.61. The zero-order valence-electron chi connectivity index (χ0n) is 8.81. The van der Waals surface area contributed by atoms with Gasteiger partial charge < -0.3 is 5.73 Å². The number of aromatic nitrogens is 4. The predicted octanol–water partition coefficient (Wildman–Crippen LogP) is 1.02. The molecule has 2 heterocycles. The third-order valence-electron chi connectivity index (χ3n) is 2.20. The molecule has 0 bridgehead atoms. The molecule has 0 saturated carbocycles. The molecule has 2 rings (SSSR count). The van der Waals surface area contributed by atoms with Crippen molar-refractivity contribution in [3.63, 3.8) is 0 Å². The second-order valence-electron chi connectivity index (χ2n) is 3.36. The van der Waals surface area contributed by atoms with Crippen molar-refractivity contribution >= 4 is 5.82 Å². The lowest BCUT2D eigenvalue weighted by molar-refractivity contribution is 0.746. The van der Waals surface area contributed by atoms with Crippen LogP contribution in [0, 0.1) is 0 Å². The van der Waals surface area contributed by atoms with E-state index in [-0.39, 0.29) is 0 Å². The first-order valence-electron chi connectivity index (χ1n) is 4.82.